The minimum absolute atomic E-state index is 0.0796. The highest BCUT2D eigenvalue weighted by molar-refractivity contribution is 7.92. The van der Waals surface area contributed by atoms with E-state index in [2.05, 4.69) is 14.6 Å². The molecule has 0 saturated carbocycles. The molecular formula is C28H40N6O5S. The molecule has 0 bridgehead atoms. The molecule has 3 aromatic rings. The van der Waals surface area contributed by atoms with Gasteiger partial charge in [-0.2, -0.15) is 8.42 Å². The lowest BCUT2D eigenvalue weighted by Crippen LogP contribution is -2.23. The number of anilines is 3. The average Bonchev–Trinajstić information content (AvgIpc) is 3.47. The van der Waals surface area contributed by atoms with Crippen LogP contribution in [0.3, 0.4) is 0 Å². The number of hydrogen-bond donors (Lipinski definition) is 2. The molecule has 0 fully saturated rings. The fraction of sp³-hybridized carbons (Fsp3) is 0.464. The molecule has 218 valence electrons. The first-order valence-electron chi connectivity index (χ1n) is 13.6. The lowest BCUT2D eigenvalue weighted by molar-refractivity contribution is 0.292. The van der Waals surface area contributed by atoms with Crippen molar-refractivity contribution in [2.75, 3.05) is 55.0 Å². The standard InChI is InChI=1S/C28H40N6O5S/c1-5-11-37-21-13-22(38-12-9-7-6-8-10-29)15-23(14-21)39-27-17-26-25(33(3)20-34(26)4)16-24(27)31-40(35,36)28-18-32(2)19-30-28/h13-19,31H,5-12,20,29H2,1-4H3. The fourth-order valence-electron chi connectivity index (χ4n) is 4.44. The molecule has 0 unspecified atom stereocenters. The second-order valence-electron chi connectivity index (χ2n) is 10.00. The molecular weight excluding hydrogens is 532 g/mol. The van der Waals surface area contributed by atoms with Gasteiger partial charge in [-0.15, -0.1) is 0 Å². The van der Waals surface area contributed by atoms with E-state index in [-0.39, 0.29) is 5.03 Å². The summed E-state index contributed by atoms with van der Waals surface area (Å²) >= 11 is 0. The first-order chi connectivity index (χ1) is 19.2. The van der Waals surface area contributed by atoms with Crippen LogP contribution in [0.2, 0.25) is 0 Å². The van der Waals surface area contributed by atoms with Gasteiger partial charge in [0.25, 0.3) is 10.0 Å². The van der Waals surface area contributed by atoms with Crippen LogP contribution in [0.25, 0.3) is 0 Å². The fourth-order valence-corrected chi connectivity index (χ4v) is 5.48. The zero-order valence-electron chi connectivity index (χ0n) is 23.7. The van der Waals surface area contributed by atoms with E-state index in [4.69, 9.17) is 19.9 Å². The van der Waals surface area contributed by atoms with Gasteiger partial charge in [0.05, 0.1) is 43.3 Å². The third-order valence-corrected chi connectivity index (χ3v) is 7.70. The number of aromatic nitrogens is 2. The Morgan fingerprint density at radius 2 is 1.55 bits per heavy atom. The van der Waals surface area contributed by atoms with Crippen molar-refractivity contribution in [2.24, 2.45) is 12.8 Å². The third-order valence-electron chi connectivity index (χ3n) is 6.45. The minimum atomic E-state index is -3.96. The summed E-state index contributed by atoms with van der Waals surface area (Å²) in [6.07, 6.45) is 7.79. The number of nitrogens with one attached hydrogen (secondary N) is 1. The van der Waals surface area contributed by atoms with E-state index < -0.39 is 10.0 Å². The first-order valence-corrected chi connectivity index (χ1v) is 15.1. The molecule has 2 aromatic carbocycles. The second kappa shape index (κ2) is 13.1. The molecule has 1 aromatic heterocycles. The number of ether oxygens (including phenoxy) is 3. The van der Waals surface area contributed by atoms with Crippen LogP contribution in [-0.2, 0) is 17.1 Å². The molecule has 12 heteroatoms. The Morgan fingerprint density at radius 1 is 0.900 bits per heavy atom. The van der Waals surface area contributed by atoms with Crippen molar-refractivity contribution in [2.45, 2.75) is 44.1 Å². The molecule has 1 aliphatic rings. The molecule has 0 radical (unpaired) electrons. The van der Waals surface area contributed by atoms with Gasteiger partial charge in [-0.05, 0) is 31.9 Å². The Hall–Kier alpha value is -3.64. The normalized spacial score (nSPS) is 12.9. The van der Waals surface area contributed by atoms with Crippen molar-refractivity contribution >= 4 is 27.1 Å². The number of rotatable bonds is 15. The zero-order chi connectivity index (χ0) is 28.7. The van der Waals surface area contributed by atoms with Crippen LogP contribution in [-0.4, -0.2) is 58.5 Å². The third kappa shape index (κ3) is 7.30. The van der Waals surface area contributed by atoms with Crippen LogP contribution in [0.15, 0.2) is 47.9 Å². The number of hydrogen-bond acceptors (Lipinski definition) is 9. The van der Waals surface area contributed by atoms with Crippen LogP contribution in [0.1, 0.15) is 39.0 Å². The molecule has 0 spiro atoms. The van der Waals surface area contributed by atoms with Gasteiger partial charge in [0.1, 0.15) is 17.2 Å². The summed E-state index contributed by atoms with van der Waals surface area (Å²) < 4.78 is 48.9. The lowest BCUT2D eigenvalue weighted by Gasteiger charge is -2.18. The van der Waals surface area contributed by atoms with Crippen molar-refractivity contribution in [1.29, 1.82) is 0 Å². The number of nitrogens with zero attached hydrogens (tertiary/aromatic N) is 4. The van der Waals surface area contributed by atoms with Crippen molar-refractivity contribution in [3.05, 3.63) is 42.9 Å². The van der Waals surface area contributed by atoms with E-state index >= 15 is 0 Å². The topological polar surface area (TPSA) is 124 Å². The van der Waals surface area contributed by atoms with Gasteiger partial charge in [0.15, 0.2) is 10.8 Å². The summed E-state index contributed by atoms with van der Waals surface area (Å²) in [5.41, 5.74) is 7.69. The van der Waals surface area contributed by atoms with Gasteiger partial charge < -0.3 is 34.3 Å². The monoisotopic (exact) mass is 572 g/mol. The van der Waals surface area contributed by atoms with Gasteiger partial charge in [-0.25, -0.2) is 4.98 Å². The second-order valence-corrected chi connectivity index (χ2v) is 11.6. The maximum absolute atomic E-state index is 13.2. The molecule has 2 heterocycles. The van der Waals surface area contributed by atoms with E-state index in [9.17, 15) is 8.42 Å². The predicted molar refractivity (Wildman–Crippen MR) is 157 cm³/mol. The molecule has 11 nitrogen and oxygen atoms in total. The smallest absolute Gasteiger partial charge is 0.281 e. The summed E-state index contributed by atoms with van der Waals surface area (Å²) in [4.78, 5) is 8.12. The lowest BCUT2D eigenvalue weighted by atomic mass is 10.2. The Bertz CT molecular complexity index is 1390. The van der Waals surface area contributed by atoms with Gasteiger partial charge in [0.2, 0.25) is 0 Å². The Kier molecular flexibility index (Phi) is 9.64. The van der Waals surface area contributed by atoms with Crippen LogP contribution < -0.4 is 34.5 Å². The van der Waals surface area contributed by atoms with Crippen LogP contribution >= 0.6 is 0 Å². The number of nitrogens with two attached hydrogens (primary N) is 1. The summed E-state index contributed by atoms with van der Waals surface area (Å²) in [6, 6.07) is 9.04. The van der Waals surface area contributed by atoms with Gasteiger partial charge in [-0.3, -0.25) is 4.72 Å². The predicted octanol–water partition coefficient (Wildman–Crippen LogP) is 4.54. The van der Waals surface area contributed by atoms with Crippen LogP contribution in [0, 0.1) is 0 Å². The minimum Gasteiger partial charge on any atom is -0.493 e. The molecule has 3 N–H and O–H groups in total. The number of aryl methyl sites for hydroxylation is 1. The summed E-state index contributed by atoms with van der Waals surface area (Å²) in [7, 11) is 1.69. The Balaban J connectivity index is 1.64. The number of unbranched alkanes of at least 4 members (excludes halogenated alkanes) is 3. The zero-order valence-corrected chi connectivity index (χ0v) is 24.5. The summed E-state index contributed by atoms with van der Waals surface area (Å²) in [5.74, 6) is 2.06. The van der Waals surface area contributed by atoms with Crippen molar-refractivity contribution in [3.63, 3.8) is 0 Å². The van der Waals surface area contributed by atoms with Crippen LogP contribution in [0.4, 0.5) is 17.1 Å². The number of imidazole rings is 1. The Morgan fingerprint density at radius 3 is 2.20 bits per heavy atom. The summed E-state index contributed by atoms with van der Waals surface area (Å²) in [6.45, 7) is 4.51. The molecule has 1 aliphatic heterocycles. The first kappa shape index (κ1) is 29.3. The highest BCUT2D eigenvalue weighted by Gasteiger charge is 2.26. The Labute approximate surface area is 236 Å². The van der Waals surface area contributed by atoms with E-state index in [0.717, 1.165) is 43.5 Å². The SMILES string of the molecule is CCCOc1cc(OCCCCCCN)cc(Oc2cc3c(cc2NS(=O)(=O)c2cn(C)cn2)N(C)CN3C)c1. The van der Waals surface area contributed by atoms with E-state index in [1.807, 2.05) is 38.1 Å². The highest BCUT2D eigenvalue weighted by Crippen LogP contribution is 2.44. The van der Waals surface area contributed by atoms with Crippen molar-refractivity contribution in [3.8, 4) is 23.0 Å². The molecule has 0 saturated heterocycles. The number of benzene rings is 2. The van der Waals surface area contributed by atoms with E-state index in [0.29, 0.717) is 55.1 Å². The molecule has 0 aliphatic carbocycles. The van der Waals surface area contributed by atoms with Crippen LogP contribution in [0.5, 0.6) is 23.0 Å². The number of sulfonamides is 1. The maximum atomic E-state index is 13.2. The highest BCUT2D eigenvalue weighted by atomic mass is 32.2. The quantitative estimate of drug-likeness (QED) is 0.253. The average molecular weight is 573 g/mol. The molecule has 0 atom stereocenters. The van der Waals surface area contributed by atoms with E-state index in [1.165, 1.54) is 12.5 Å². The van der Waals surface area contributed by atoms with Gasteiger partial charge >= 0.3 is 0 Å². The molecule has 40 heavy (non-hydrogen) atoms. The van der Waals surface area contributed by atoms with Crippen molar-refractivity contribution in [1.82, 2.24) is 9.55 Å². The molecule has 0 amide bonds. The summed E-state index contributed by atoms with van der Waals surface area (Å²) in [5, 5.41) is -0.0796. The van der Waals surface area contributed by atoms with Gasteiger partial charge in [-0.1, -0.05) is 19.8 Å². The van der Waals surface area contributed by atoms with Gasteiger partial charge in [0, 0.05) is 51.6 Å². The largest absolute Gasteiger partial charge is 0.493 e. The molecule has 4 rings (SSSR count). The number of fused-ring (bicyclic) bond motifs is 1. The van der Waals surface area contributed by atoms with E-state index in [1.54, 1.807) is 29.8 Å². The maximum Gasteiger partial charge on any atom is 0.281 e. The van der Waals surface area contributed by atoms with Crippen molar-refractivity contribution < 1.29 is 22.6 Å².